The summed E-state index contributed by atoms with van der Waals surface area (Å²) in [5.41, 5.74) is 8.65. The average molecular weight is 651 g/mol. The molecule has 9 nitrogen and oxygen atoms in total. The largest absolute Gasteiger partial charge is 0.497 e. The Morgan fingerprint density at radius 1 is 0.872 bits per heavy atom. The highest BCUT2D eigenvalue weighted by atomic mass is 19.1. The summed E-state index contributed by atoms with van der Waals surface area (Å²) >= 11 is 0. The number of carbonyl (C=O) groups excluding carboxylic acids is 2. The molecule has 0 spiro atoms. The van der Waals surface area contributed by atoms with E-state index in [2.05, 4.69) is 21.9 Å². The summed E-state index contributed by atoms with van der Waals surface area (Å²) in [5, 5.41) is 0. The Kier molecular flexibility index (Phi) is 10.7. The third-order valence-electron chi connectivity index (χ3n) is 11.5. The van der Waals surface area contributed by atoms with Crippen molar-refractivity contribution in [3.63, 3.8) is 0 Å². The number of rotatable bonds is 10. The van der Waals surface area contributed by atoms with Gasteiger partial charge in [0.05, 0.1) is 25.7 Å². The van der Waals surface area contributed by atoms with Gasteiger partial charge in [-0.3, -0.25) is 14.5 Å². The Morgan fingerprint density at radius 2 is 1.60 bits per heavy atom. The molecule has 3 aliphatic heterocycles. The maximum atomic E-state index is 14.7. The topological polar surface area (TPSA) is 97.6 Å². The second-order valence-electron chi connectivity index (χ2n) is 14.0. The highest BCUT2D eigenvalue weighted by molar-refractivity contribution is 5.81. The normalized spacial score (nSPS) is 28.9. The minimum absolute atomic E-state index is 0.00429. The zero-order valence-corrected chi connectivity index (χ0v) is 28.1. The van der Waals surface area contributed by atoms with E-state index in [0.29, 0.717) is 57.8 Å². The van der Waals surface area contributed by atoms with Gasteiger partial charge < -0.3 is 29.7 Å². The highest BCUT2D eigenvalue weighted by Crippen LogP contribution is 2.43. The number of ether oxygens (including phenoxy) is 3. The second kappa shape index (κ2) is 14.9. The standard InChI is InChI=1S/C37H51FN4O5/c1-45-23-26-19-42(21-33(26)31-13-6-27(38)18-35(31)40-16-14-25(15-17-40)36(39)43)37(44)34-22-41(28-7-11-30(47-3)12-8-28)20-32(34)24-4-9-29(46-2)10-5-24/h4-6,9-10,13,18,25-26,28,30,32-34H,7-8,11-12,14-17,19-23H2,1-3H3,(H2,39,43)/t26-,28?,30?,32+,33+,34-/m1/s1. The van der Waals surface area contributed by atoms with E-state index in [-0.39, 0.29) is 47.2 Å². The summed E-state index contributed by atoms with van der Waals surface area (Å²) in [5.74, 6) is 0.299. The first-order valence-electron chi connectivity index (χ1n) is 17.3. The third kappa shape index (κ3) is 7.29. The molecule has 6 rings (SSSR count). The van der Waals surface area contributed by atoms with Crippen LogP contribution in [0.15, 0.2) is 42.5 Å². The van der Waals surface area contributed by atoms with Crippen LogP contribution >= 0.6 is 0 Å². The van der Waals surface area contributed by atoms with Crippen LogP contribution < -0.4 is 15.4 Å². The number of halogens is 1. The average Bonchev–Trinajstić information content (AvgIpc) is 3.74. The molecule has 47 heavy (non-hydrogen) atoms. The lowest BCUT2D eigenvalue weighted by atomic mass is 9.87. The van der Waals surface area contributed by atoms with Gasteiger partial charge in [-0.05, 0) is 73.9 Å². The molecule has 2 amide bonds. The van der Waals surface area contributed by atoms with Crippen LogP contribution in [0.25, 0.3) is 0 Å². The number of benzene rings is 2. The van der Waals surface area contributed by atoms with Crippen LogP contribution in [0.2, 0.25) is 0 Å². The number of amides is 2. The quantitative estimate of drug-likeness (QED) is 0.407. The van der Waals surface area contributed by atoms with Gasteiger partial charge in [0, 0.05) is 88.9 Å². The first-order valence-corrected chi connectivity index (χ1v) is 17.3. The molecule has 3 saturated heterocycles. The minimum Gasteiger partial charge on any atom is -0.497 e. The molecular formula is C37H51FN4O5. The lowest BCUT2D eigenvalue weighted by Crippen LogP contribution is -2.40. The van der Waals surface area contributed by atoms with E-state index in [1.807, 2.05) is 23.1 Å². The van der Waals surface area contributed by atoms with Crippen molar-refractivity contribution in [3.8, 4) is 5.75 Å². The second-order valence-corrected chi connectivity index (χ2v) is 14.0. The molecule has 0 aromatic heterocycles. The number of hydrogen-bond donors (Lipinski definition) is 1. The van der Waals surface area contributed by atoms with Crippen molar-refractivity contribution < 1.29 is 28.2 Å². The molecule has 0 radical (unpaired) electrons. The predicted octanol–water partition coefficient (Wildman–Crippen LogP) is 4.40. The molecule has 3 heterocycles. The van der Waals surface area contributed by atoms with Crippen LogP contribution in [0, 0.1) is 23.6 Å². The number of nitrogens with two attached hydrogens (primary N) is 1. The first-order chi connectivity index (χ1) is 22.8. The number of methoxy groups -OCH3 is 3. The van der Waals surface area contributed by atoms with Gasteiger partial charge in [-0.15, -0.1) is 0 Å². The van der Waals surface area contributed by atoms with E-state index in [0.717, 1.165) is 55.8 Å². The van der Waals surface area contributed by atoms with Gasteiger partial charge in [0.1, 0.15) is 11.6 Å². The van der Waals surface area contributed by atoms with E-state index in [4.69, 9.17) is 19.9 Å². The van der Waals surface area contributed by atoms with E-state index in [9.17, 15) is 14.0 Å². The minimum atomic E-state index is -0.289. The summed E-state index contributed by atoms with van der Waals surface area (Å²) < 4.78 is 31.5. The van der Waals surface area contributed by atoms with Crippen molar-refractivity contribution in [1.29, 1.82) is 0 Å². The van der Waals surface area contributed by atoms with Crippen LogP contribution in [0.5, 0.6) is 5.75 Å². The van der Waals surface area contributed by atoms with Crippen molar-refractivity contribution in [1.82, 2.24) is 9.80 Å². The van der Waals surface area contributed by atoms with Gasteiger partial charge >= 0.3 is 0 Å². The van der Waals surface area contributed by atoms with Crippen molar-refractivity contribution in [2.45, 2.75) is 62.5 Å². The number of primary amides is 1. The summed E-state index contributed by atoms with van der Waals surface area (Å²) in [4.78, 5) is 33.2. The molecule has 2 aromatic carbocycles. The molecule has 0 bridgehead atoms. The third-order valence-corrected chi connectivity index (χ3v) is 11.5. The van der Waals surface area contributed by atoms with Gasteiger partial charge in [-0.25, -0.2) is 4.39 Å². The molecule has 4 atom stereocenters. The van der Waals surface area contributed by atoms with Crippen molar-refractivity contribution >= 4 is 17.5 Å². The Bertz CT molecular complexity index is 1380. The van der Waals surface area contributed by atoms with E-state index < -0.39 is 0 Å². The van der Waals surface area contributed by atoms with Gasteiger partial charge in [-0.2, -0.15) is 0 Å². The maximum Gasteiger partial charge on any atom is 0.227 e. The fourth-order valence-electron chi connectivity index (χ4n) is 8.75. The molecule has 0 unspecified atom stereocenters. The zero-order chi connectivity index (χ0) is 33.1. The van der Waals surface area contributed by atoms with Gasteiger partial charge in [0.2, 0.25) is 11.8 Å². The molecule has 256 valence electrons. The molecule has 4 fully saturated rings. The van der Waals surface area contributed by atoms with Crippen molar-refractivity contribution in [3.05, 3.63) is 59.4 Å². The van der Waals surface area contributed by atoms with Gasteiger partial charge in [0.15, 0.2) is 0 Å². The van der Waals surface area contributed by atoms with Crippen LogP contribution in [0.1, 0.15) is 61.5 Å². The van der Waals surface area contributed by atoms with Gasteiger partial charge in [0.25, 0.3) is 0 Å². The fourth-order valence-corrected chi connectivity index (χ4v) is 8.75. The number of carbonyl (C=O) groups is 2. The van der Waals surface area contributed by atoms with Crippen LogP contribution in [0.4, 0.5) is 10.1 Å². The Hall–Kier alpha value is -3.21. The summed E-state index contributed by atoms with van der Waals surface area (Å²) in [6.07, 6.45) is 5.90. The predicted molar refractivity (Wildman–Crippen MR) is 179 cm³/mol. The number of likely N-dealkylation sites (tertiary alicyclic amines) is 2. The number of nitrogens with zero attached hydrogens (tertiary/aromatic N) is 3. The van der Waals surface area contributed by atoms with Crippen LogP contribution in [-0.4, -0.2) is 101 Å². The molecule has 1 aliphatic carbocycles. The summed E-state index contributed by atoms with van der Waals surface area (Å²) in [6, 6.07) is 13.7. The maximum absolute atomic E-state index is 14.7. The summed E-state index contributed by atoms with van der Waals surface area (Å²) in [6.45, 7) is 4.55. The molecule has 10 heteroatoms. The SMILES string of the molecule is COC[C@H]1CN(C(=O)[C@@H]2CN(C3CCC(OC)CC3)C[C@H]2c2ccc(OC)cc2)C[C@@H]1c1ccc(F)cc1N1CCC(C(N)=O)CC1. The van der Waals surface area contributed by atoms with Crippen LogP contribution in [-0.2, 0) is 19.1 Å². The lowest BCUT2D eigenvalue weighted by molar-refractivity contribution is -0.134. The summed E-state index contributed by atoms with van der Waals surface area (Å²) in [7, 11) is 5.18. The Morgan fingerprint density at radius 3 is 2.23 bits per heavy atom. The highest BCUT2D eigenvalue weighted by Gasteiger charge is 2.46. The van der Waals surface area contributed by atoms with E-state index in [1.54, 1.807) is 27.4 Å². The van der Waals surface area contributed by atoms with Crippen molar-refractivity contribution in [2.75, 3.05) is 72.1 Å². The molecular weight excluding hydrogens is 599 g/mol. The zero-order valence-electron chi connectivity index (χ0n) is 28.1. The molecule has 2 N–H and O–H groups in total. The lowest BCUT2D eigenvalue weighted by Gasteiger charge is -2.35. The number of anilines is 1. The first kappa shape index (κ1) is 33.7. The van der Waals surface area contributed by atoms with Crippen LogP contribution in [0.3, 0.4) is 0 Å². The molecule has 2 aromatic rings. The number of hydrogen-bond acceptors (Lipinski definition) is 7. The number of piperidine rings is 1. The smallest absolute Gasteiger partial charge is 0.227 e. The fraction of sp³-hybridized carbons (Fsp3) is 0.622. The van der Waals surface area contributed by atoms with Gasteiger partial charge in [-0.1, -0.05) is 18.2 Å². The Balaban J connectivity index is 1.24. The van der Waals surface area contributed by atoms with E-state index in [1.165, 1.54) is 11.6 Å². The van der Waals surface area contributed by atoms with Crippen molar-refractivity contribution in [2.24, 2.45) is 23.5 Å². The molecule has 1 saturated carbocycles. The van der Waals surface area contributed by atoms with E-state index >= 15 is 0 Å². The monoisotopic (exact) mass is 650 g/mol. The Labute approximate surface area is 278 Å². The molecule has 4 aliphatic rings.